The van der Waals surface area contributed by atoms with Gasteiger partial charge in [0.2, 0.25) is 0 Å². The first-order chi connectivity index (χ1) is 12.7. The van der Waals surface area contributed by atoms with Crippen molar-refractivity contribution in [1.29, 1.82) is 0 Å². The summed E-state index contributed by atoms with van der Waals surface area (Å²) in [6.45, 7) is 2.67. The predicted octanol–water partition coefficient (Wildman–Crippen LogP) is 4.16. The Morgan fingerprint density at radius 2 is 1.69 bits per heavy atom. The first-order valence-electron chi connectivity index (χ1n) is 8.28. The number of ether oxygens (including phenoxy) is 2. The van der Waals surface area contributed by atoms with E-state index in [1.54, 1.807) is 14.2 Å². The summed E-state index contributed by atoms with van der Waals surface area (Å²) in [7, 11) is 3.25. The fraction of sp³-hybridized carbons (Fsp3) is 0.200. The fourth-order valence-corrected chi connectivity index (χ4v) is 2.58. The van der Waals surface area contributed by atoms with Crippen LogP contribution in [0.3, 0.4) is 0 Å². The normalized spacial score (nSPS) is 10.3. The molecule has 0 atom stereocenters. The Bertz CT molecular complexity index is 883. The van der Waals surface area contributed by atoms with Gasteiger partial charge in [-0.2, -0.15) is 0 Å². The molecule has 0 saturated carbocycles. The highest BCUT2D eigenvalue weighted by Crippen LogP contribution is 2.27. The highest BCUT2D eigenvalue weighted by atomic mass is 16.5. The summed E-state index contributed by atoms with van der Waals surface area (Å²) < 4.78 is 10.6. The average Bonchev–Trinajstić information content (AvgIpc) is 2.66. The first kappa shape index (κ1) is 17.5. The lowest BCUT2D eigenvalue weighted by Crippen LogP contribution is -2.03. The molecule has 0 aliphatic rings. The first-order valence-corrected chi connectivity index (χ1v) is 8.28. The van der Waals surface area contributed by atoms with Crippen molar-refractivity contribution in [2.24, 2.45) is 0 Å². The topological polar surface area (TPSA) is 68.3 Å². The van der Waals surface area contributed by atoms with Gasteiger partial charge in [0.25, 0.3) is 0 Å². The summed E-state index contributed by atoms with van der Waals surface area (Å²) in [4.78, 5) is 8.54. The Morgan fingerprint density at radius 3 is 2.46 bits per heavy atom. The highest BCUT2D eigenvalue weighted by molar-refractivity contribution is 5.59. The molecular formula is C20H22N4O2. The zero-order valence-corrected chi connectivity index (χ0v) is 15.1. The molecule has 0 amide bonds. The molecule has 3 rings (SSSR count). The number of rotatable bonds is 7. The van der Waals surface area contributed by atoms with E-state index in [0.29, 0.717) is 18.0 Å². The van der Waals surface area contributed by atoms with Gasteiger partial charge in [-0.15, -0.1) is 0 Å². The summed E-state index contributed by atoms with van der Waals surface area (Å²) in [6.07, 6.45) is 1.54. The van der Waals surface area contributed by atoms with Gasteiger partial charge in [0.15, 0.2) is 11.5 Å². The number of nitrogens with zero attached hydrogens (tertiary/aromatic N) is 2. The van der Waals surface area contributed by atoms with E-state index in [1.165, 1.54) is 11.9 Å². The van der Waals surface area contributed by atoms with Crippen LogP contribution in [-0.2, 0) is 6.54 Å². The van der Waals surface area contributed by atoms with E-state index in [0.717, 1.165) is 22.9 Å². The number of methoxy groups -OCH3 is 2. The standard InChI is InChI=1S/C20H22N4O2/c1-14-5-4-6-16(9-14)24-20-11-19(22-13-23-20)21-12-15-7-8-17(25-2)18(10-15)26-3/h4-11,13H,12H2,1-3H3,(H2,21,22,23,24). The molecule has 26 heavy (non-hydrogen) atoms. The van der Waals surface area contributed by atoms with E-state index in [9.17, 15) is 0 Å². The number of aromatic nitrogens is 2. The molecule has 0 aliphatic heterocycles. The van der Waals surface area contributed by atoms with E-state index < -0.39 is 0 Å². The number of aryl methyl sites for hydroxylation is 1. The van der Waals surface area contributed by atoms with Gasteiger partial charge in [-0.25, -0.2) is 9.97 Å². The Morgan fingerprint density at radius 1 is 0.885 bits per heavy atom. The average molecular weight is 350 g/mol. The molecule has 134 valence electrons. The van der Waals surface area contributed by atoms with Gasteiger partial charge >= 0.3 is 0 Å². The molecule has 0 bridgehead atoms. The van der Waals surface area contributed by atoms with Crippen molar-refractivity contribution in [2.75, 3.05) is 24.9 Å². The minimum absolute atomic E-state index is 0.612. The van der Waals surface area contributed by atoms with Gasteiger partial charge in [0.1, 0.15) is 18.0 Å². The summed E-state index contributed by atoms with van der Waals surface area (Å²) in [5.41, 5.74) is 3.25. The van der Waals surface area contributed by atoms with E-state index in [2.05, 4.69) is 39.7 Å². The van der Waals surface area contributed by atoms with E-state index in [1.807, 2.05) is 36.4 Å². The zero-order valence-electron chi connectivity index (χ0n) is 15.1. The van der Waals surface area contributed by atoms with E-state index in [-0.39, 0.29) is 0 Å². The number of anilines is 3. The number of nitrogens with one attached hydrogen (secondary N) is 2. The van der Waals surface area contributed by atoms with Crippen molar-refractivity contribution in [3.63, 3.8) is 0 Å². The second kappa shape index (κ2) is 8.20. The van der Waals surface area contributed by atoms with E-state index in [4.69, 9.17) is 9.47 Å². The quantitative estimate of drug-likeness (QED) is 0.667. The highest BCUT2D eigenvalue weighted by Gasteiger charge is 2.05. The second-order valence-electron chi connectivity index (χ2n) is 5.83. The molecule has 0 fully saturated rings. The molecule has 0 spiro atoms. The molecule has 0 saturated heterocycles. The molecule has 0 unspecified atom stereocenters. The van der Waals surface area contributed by atoms with Crippen molar-refractivity contribution < 1.29 is 9.47 Å². The van der Waals surface area contributed by atoms with Crippen LogP contribution in [0.25, 0.3) is 0 Å². The number of hydrogen-bond donors (Lipinski definition) is 2. The molecule has 6 heteroatoms. The zero-order chi connectivity index (χ0) is 18.4. The van der Waals surface area contributed by atoms with Crippen molar-refractivity contribution in [3.05, 3.63) is 66.0 Å². The molecule has 1 aromatic heterocycles. The van der Waals surface area contributed by atoms with Crippen molar-refractivity contribution in [3.8, 4) is 11.5 Å². The fourth-order valence-electron chi connectivity index (χ4n) is 2.58. The molecule has 0 radical (unpaired) electrons. The Labute approximate surface area is 153 Å². The second-order valence-corrected chi connectivity index (χ2v) is 5.83. The monoisotopic (exact) mass is 350 g/mol. The van der Waals surface area contributed by atoms with Crippen LogP contribution in [0.2, 0.25) is 0 Å². The number of benzene rings is 2. The molecule has 2 N–H and O–H groups in total. The summed E-state index contributed by atoms with van der Waals surface area (Å²) in [5.74, 6) is 2.89. The lowest BCUT2D eigenvalue weighted by Gasteiger charge is -2.11. The summed E-state index contributed by atoms with van der Waals surface area (Å²) >= 11 is 0. The minimum Gasteiger partial charge on any atom is -0.493 e. The SMILES string of the molecule is COc1ccc(CNc2cc(Nc3cccc(C)c3)ncn2)cc1OC. The van der Waals surface area contributed by atoms with Crippen LogP contribution >= 0.6 is 0 Å². The van der Waals surface area contributed by atoms with Crippen LogP contribution < -0.4 is 20.1 Å². The molecule has 3 aromatic rings. The van der Waals surface area contributed by atoms with Crippen LogP contribution in [0.1, 0.15) is 11.1 Å². The maximum absolute atomic E-state index is 5.34. The smallest absolute Gasteiger partial charge is 0.161 e. The largest absolute Gasteiger partial charge is 0.493 e. The Kier molecular flexibility index (Phi) is 5.53. The van der Waals surface area contributed by atoms with Crippen LogP contribution in [0.4, 0.5) is 17.3 Å². The van der Waals surface area contributed by atoms with Gasteiger partial charge in [0.05, 0.1) is 14.2 Å². The van der Waals surface area contributed by atoms with Crippen molar-refractivity contribution >= 4 is 17.3 Å². The summed E-state index contributed by atoms with van der Waals surface area (Å²) in [6, 6.07) is 15.8. The molecule has 0 aliphatic carbocycles. The maximum Gasteiger partial charge on any atom is 0.161 e. The van der Waals surface area contributed by atoms with Gasteiger partial charge in [-0.1, -0.05) is 18.2 Å². The predicted molar refractivity (Wildman–Crippen MR) is 103 cm³/mol. The van der Waals surface area contributed by atoms with Crippen molar-refractivity contribution in [2.45, 2.75) is 13.5 Å². The molecular weight excluding hydrogens is 328 g/mol. The lowest BCUT2D eigenvalue weighted by molar-refractivity contribution is 0.354. The van der Waals surface area contributed by atoms with Crippen LogP contribution in [0, 0.1) is 6.92 Å². The third kappa shape index (κ3) is 4.42. The Hall–Kier alpha value is -3.28. The van der Waals surface area contributed by atoms with Crippen LogP contribution in [0.15, 0.2) is 54.9 Å². The third-order valence-corrected chi connectivity index (χ3v) is 3.88. The van der Waals surface area contributed by atoms with Crippen LogP contribution in [-0.4, -0.2) is 24.2 Å². The van der Waals surface area contributed by atoms with E-state index >= 15 is 0 Å². The van der Waals surface area contributed by atoms with Gasteiger partial charge in [0, 0.05) is 18.3 Å². The van der Waals surface area contributed by atoms with Crippen LogP contribution in [0.5, 0.6) is 11.5 Å². The van der Waals surface area contributed by atoms with Crippen molar-refractivity contribution in [1.82, 2.24) is 9.97 Å². The van der Waals surface area contributed by atoms with Gasteiger partial charge in [-0.3, -0.25) is 0 Å². The minimum atomic E-state index is 0.612. The molecule has 2 aromatic carbocycles. The van der Waals surface area contributed by atoms with Gasteiger partial charge in [-0.05, 0) is 42.3 Å². The third-order valence-electron chi connectivity index (χ3n) is 3.88. The van der Waals surface area contributed by atoms with Gasteiger partial charge < -0.3 is 20.1 Å². The maximum atomic E-state index is 5.34. The molecule has 6 nitrogen and oxygen atoms in total. The Balaban J connectivity index is 1.67. The number of hydrogen-bond acceptors (Lipinski definition) is 6. The molecule has 1 heterocycles. The lowest BCUT2D eigenvalue weighted by atomic mass is 10.2. The summed E-state index contributed by atoms with van der Waals surface area (Å²) in [5, 5.41) is 6.59.